The normalized spacial score (nSPS) is 30.2. The Morgan fingerprint density at radius 1 is 1.00 bits per heavy atom. The Bertz CT molecular complexity index is 97.9. The van der Waals surface area contributed by atoms with Crippen molar-refractivity contribution in [1.29, 1.82) is 0 Å². The van der Waals surface area contributed by atoms with Crippen LogP contribution in [0, 0.1) is 0 Å². The zero-order chi connectivity index (χ0) is 7.45. The van der Waals surface area contributed by atoms with E-state index < -0.39 is 10.8 Å². The second kappa shape index (κ2) is 3.57. The summed E-state index contributed by atoms with van der Waals surface area (Å²) in [6.07, 6.45) is 4.35. The fourth-order valence-electron chi connectivity index (χ4n) is 1.09. The smallest absolute Gasteiger partial charge is 0.0528 e. The maximum absolute atomic E-state index is 9.21. The first-order chi connectivity index (χ1) is 4.71. The van der Waals surface area contributed by atoms with E-state index in [9.17, 15) is 9.11 Å². The van der Waals surface area contributed by atoms with Gasteiger partial charge in [-0.3, -0.25) is 9.11 Å². The number of hydrogen-bond donors (Lipinski definition) is 3. The van der Waals surface area contributed by atoms with Crippen LogP contribution in [0.15, 0.2) is 0 Å². The average Bonchev–Trinajstić information content (AvgIpc) is 1.81. The third-order valence-electron chi connectivity index (χ3n) is 1.69. The Morgan fingerprint density at radius 3 is 2.50 bits per heavy atom. The highest BCUT2D eigenvalue weighted by Gasteiger charge is 2.11. The van der Waals surface area contributed by atoms with E-state index in [-0.39, 0.29) is 0 Å². The molecule has 1 aliphatic rings. The van der Waals surface area contributed by atoms with Gasteiger partial charge in [0.15, 0.2) is 0 Å². The summed E-state index contributed by atoms with van der Waals surface area (Å²) < 4.78 is 21.2. The van der Waals surface area contributed by atoms with Gasteiger partial charge < -0.3 is 0 Å². The van der Waals surface area contributed by atoms with Gasteiger partial charge >= 0.3 is 0 Å². The van der Waals surface area contributed by atoms with E-state index in [1.54, 1.807) is 0 Å². The summed E-state index contributed by atoms with van der Waals surface area (Å²) in [5.74, 6) is 0.535. The molecule has 3 N–H and O–H groups in total. The quantitative estimate of drug-likeness (QED) is 0.513. The van der Waals surface area contributed by atoms with Gasteiger partial charge in [-0.1, -0.05) is 12.8 Å². The van der Waals surface area contributed by atoms with Crippen LogP contribution >= 0.6 is 10.8 Å². The highest BCUT2D eigenvalue weighted by molar-refractivity contribution is 8.22. The van der Waals surface area contributed by atoms with Gasteiger partial charge in [0.1, 0.15) is 0 Å². The van der Waals surface area contributed by atoms with E-state index in [1.807, 2.05) is 0 Å². The van der Waals surface area contributed by atoms with Gasteiger partial charge in [0.25, 0.3) is 0 Å². The molecule has 3 nitrogen and oxygen atoms in total. The summed E-state index contributed by atoms with van der Waals surface area (Å²) in [4.78, 5) is 0. The second-order valence-electron chi connectivity index (χ2n) is 2.68. The minimum absolute atomic E-state index is 0.535. The van der Waals surface area contributed by atoms with Gasteiger partial charge in [-0.25, -0.2) is 4.72 Å². The van der Waals surface area contributed by atoms with E-state index in [1.165, 1.54) is 6.42 Å². The molecule has 0 aromatic carbocycles. The molecule has 0 aromatic heterocycles. The molecule has 4 heteroatoms. The minimum Gasteiger partial charge on any atom is -0.286 e. The Morgan fingerprint density at radius 2 is 1.70 bits per heavy atom. The van der Waals surface area contributed by atoms with Crippen molar-refractivity contribution in [1.82, 2.24) is 4.72 Å². The summed E-state index contributed by atoms with van der Waals surface area (Å²) in [6.45, 7) is 0.752. The molecule has 1 heterocycles. The topological polar surface area (TPSA) is 52.5 Å². The molecule has 0 radical (unpaired) electrons. The SMILES string of the molecule is OS1(O)CCCCCCN1. The standard InChI is InChI=1S/C6H15NO2S/c8-10(9)6-4-2-1-3-5-7-10/h7-9H,1-6H2. The van der Waals surface area contributed by atoms with E-state index in [2.05, 4.69) is 4.72 Å². The van der Waals surface area contributed by atoms with Gasteiger partial charge in [-0.2, -0.15) is 0 Å². The minimum atomic E-state index is -2.39. The molecule has 10 heavy (non-hydrogen) atoms. The summed E-state index contributed by atoms with van der Waals surface area (Å²) in [5, 5.41) is 0. The number of rotatable bonds is 0. The van der Waals surface area contributed by atoms with Crippen molar-refractivity contribution in [2.75, 3.05) is 12.3 Å². The molecule has 0 aromatic rings. The Kier molecular flexibility index (Phi) is 2.97. The first-order valence-corrected chi connectivity index (χ1v) is 5.43. The molecule has 0 unspecified atom stereocenters. The summed E-state index contributed by atoms with van der Waals surface area (Å²) in [5.41, 5.74) is 0. The van der Waals surface area contributed by atoms with Crippen LogP contribution in [0.1, 0.15) is 25.7 Å². The molecule has 0 saturated carbocycles. The van der Waals surface area contributed by atoms with Crippen LogP contribution in [0.4, 0.5) is 0 Å². The predicted molar refractivity (Wildman–Crippen MR) is 44.2 cm³/mol. The zero-order valence-corrected chi connectivity index (χ0v) is 6.86. The van der Waals surface area contributed by atoms with Gasteiger partial charge in [0.05, 0.1) is 5.75 Å². The van der Waals surface area contributed by atoms with Crippen LogP contribution in [0.5, 0.6) is 0 Å². The van der Waals surface area contributed by atoms with Gasteiger partial charge in [0.2, 0.25) is 0 Å². The first-order valence-electron chi connectivity index (χ1n) is 3.71. The van der Waals surface area contributed by atoms with Crippen LogP contribution in [0.2, 0.25) is 0 Å². The van der Waals surface area contributed by atoms with Crippen molar-refractivity contribution in [3.05, 3.63) is 0 Å². The van der Waals surface area contributed by atoms with Crippen LogP contribution in [-0.4, -0.2) is 21.4 Å². The van der Waals surface area contributed by atoms with E-state index in [4.69, 9.17) is 0 Å². The maximum atomic E-state index is 9.21. The van der Waals surface area contributed by atoms with Crippen molar-refractivity contribution in [3.8, 4) is 0 Å². The molecule has 0 atom stereocenters. The predicted octanol–water partition coefficient (Wildman–Crippen LogP) is 1.82. The molecule has 0 amide bonds. The summed E-state index contributed by atoms with van der Waals surface area (Å²) in [7, 11) is -2.39. The highest BCUT2D eigenvalue weighted by Crippen LogP contribution is 2.35. The Hall–Kier alpha value is 0.230. The molecule has 1 fully saturated rings. The van der Waals surface area contributed by atoms with Crippen LogP contribution in [0.3, 0.4) is 0 Å². The molecule has 0 bridgehead atoms. The van der Waals surface area contributed by atoms with Crippen molar-refractivity contribution in [2.24, 2.45) is 0 Å². The summed E-state index contributed by atoms with van der Waals surface area (Å²) in [6, 6.07) is 0. The van der Waals surface area contributed by atoms with Gasteiger partial charge in [-0.15, -0.1) is 10.8 Å². The zero-order valence-electron chi connectivity index (χ0n) is 6.05. The van der Waals surface area contributed by atoms with Gasteiger partial charge in [-0.05, 0) is 12.8 Å². The first kappa shape index (κ1) is 8.33. The van der Waals surface area contributed by atoms with Crippen LogP contribution in [-0.2, 0) is 0 Å². The third-order valence-corrected chi connectivity index (χ3v) is 3.21. The molecule has 0 aliphatic carbocycles. The fourth-order valence-corrected chi connectivity index (χ4v) is 2.31. The van der Waals surface area contributed by atoms with Crippen molar-refractivity contribution < 1.29 is 9.11 Å². The highest BCUT2D eigenvalue weighted by atomic mass is 32.3. The van der Waals surface area contributed by atoms with Gasteiger partial charge in [0, 0.05) is 6.54 Å². The van der Waals surface area contributed by atoms with Crippen molar-refractivity contribution >= 4 is 10.8 Å². The monoisotopic (exact) mass is 165 g/mol. The third kappa shape index (κ3) is 2.88. The molecular weight excluding hydrogens is 150 g/mol. The lowest BCUT2D eigenvalue weighted by molar-refractivity contribution is 0.456. The van der Waals surface area contributed by atoms with Crippen LogP contribution < -0.4 is 4.72 Å². The van der Waals surface area contributed by atoms with E-state index in [0.717, 1.165) is 25.8 Å². The molecular formula is C6H15NO2S. The lowest BCUT2D eigenvalue weighted by atomic mass is 10.2. The molecule has 0 spiro atoms. The van der Waals surface area contributed by atoms with Crippen molar-refractivity contribution in [3.63, 3.8) is 0 Å². The largest absolute Gasteiger partial charge is 0.286 e. The fraction of sp³-hybridized carbons (Fsp3) is 1.00. The maximum Gasteiger partial charge on any atom is 0.0528 e. The lowest BCUT2D eigenvalue weighted by Gasteiger charge is -2.34. The number of nitrogens with one attached hydrogen (secondary N) is 1. The molecule has 1 rings (SSSR count). The number of hydrogen-bond acceptors (Lipinski definition) is 3. The van der Waals surface area contributed by atoms with E-state index >= 15 is 0 Å². The Balaban J connectivity index is 2.30. The van der Waals surface area contributed by atoms with E-state index in [0.29, 0.717) is 5.75 Å². The van der Waals surface area contributed by atoms with Crippen molar-refractivity contribution in [2.45, 2.75) is 25.7 Å². The lowest BCUT2D eigenvalue weighted by Crippen LogP contribution is -2.25. The average molecular weight is 165 g/mol. The van der Waals surface area contributed by atoms with Crippen LogP contribution in [0.25, 0.3) is 0 Å². The molecule has 1 aliphatic heterocycles. The summed E-state index contributed by atoms with van der Waals surface area (Å²) >= 11 is 0. The molecule has 1 saturated heterocycles. The molecule has 62 valence electrons. The second-order valence-corrected chi connectivity index (χ2v) is 4.71. The Labute approximate surface area is 63.3 Å².